The summed E-state index contributed by atoms with van der Waals surface area (Å²) in [5.74, 6) is 6.65. The third kappa shape index (κ3) is 3.54. The van der Waals surface area contributed by atoms with E-state index in [1.807, 2.05) is 115 Å². The van der Waals surface area contributed by atoms with Gasteiger partial charge in [-0.3, -0.25) is 9.69 Å². The summed E-state index contributed by atoms with van der Waals surface area (Å²) in [6, 6.07) is 37.5. The minimum absolute atomic E-state index is 0.0354. The highest BCUT2D eigenvalue weighted by Crippen LogP contribution is 2.40. The van der Waals surface area contributed by atoms with Crippen LogP contribution < -0.4 is 4.90 Å². The zero-order valence-corrected chi connectivity index (χ0v) is 16.8. The molecule has 31 heavy (non-hydrogen) atoms. The van der Waals surface area contributed by atoms with E-state index in [-0.39, 0.29) is 5.91 Å². The average Bonchev–Trinajstić information content (AvgIpc) is 3.14. The van der Waals surface area contributed by atoms with Crippen molar-refractivity contribution in [3.63, 3.8) is 0 Å². The van der Waals surface area contributed by atoms with Crippen LogP contribution in [0.25, 0.3) is 11.3 Å². The molecular weight excluding hydrogens is 378 g/mol. The van der Waals surface area contributed by atoms with Crippen molar-refractivity contribution >= 4 is 22.9 Å². The minimum Gasteiger partial charge on any atom is -0.275 e. The van der Waals surface area contributed by atoms with Gasteiger partial charge in [0, 0.05) is 22.4 Å². The number of hydrogen-bond donors (Lipinski definition) is 0. The average molecular weight is 397 g/mol. The highest BCUT2D eigenvalue weighted by Gasteiger charge is 2.35. The van der Waals surface area contributed by atoms with Crippen LogP contribution in [0, 0.1) is 11.8 Å². The number of anilines is 1. The maximum absolute atomic E-state index is 13.5. The maximum atomic E-state index is 13.5. The van der Waals surface area contributed by atoms with Gasteiger partial charge in [0.2, 0.25) is 0 Å². The highest BCUT2D eigenvalue weighted by atomic mass is 16.2. The van der Waals surface area contributed by atoms with E-state index < -0.39 is 0 Å². The molecule has 0 unspecified atom stereocenters. The fraction of sp³-hybridized carbons (Fsp3) is 0. The molecule has 0 spiro atoms. The summed E-state index contributed by atoms with van der Waals surface area (Å²) in [7, 11) is 0. The van der Waals surface area contributed by atoms with E-state index in [9.17, 15) is 4.79 Å². The molecule has 2 heteroatoms. The Morgan fingerprint density at radius 2 is 1.16 bits per heavy atom. The summed E-state index contributed by atoms with van der Waals surface area (Å²) in [5, 5.41) is 0. The smallest absolute Gasteiger partial charge is 0.263 e. The molecule has 1 aliphatic heterocycles. The summed E-state index contributed by atoms with van der Waals surface area (Å²) in [6.07, 6.45) is 0. The molecule has 2 nitrogen and oxygen atoms in total. The molecule has 1 aliphatic rings. The number of para-hydroxylation sites is 1. The van der Waals surface area contributed by atoms with E-state index >= 15 is 0 Å². The van der Waals surface area contributed by atoms with Crippen LogP contribution in [0.4, 0.5) is 5.69 Å². The fourth-order valence-corrected chi connectivity index (χ4v) is 3.82. The zero-order valence-electron chi connectivity index (χ0n) is 16.8. The van der Waals surface area contributed by atoms with Gasteiger partial charge in [-0.15, -0.1) is 0 Å². The van der Waals surface area contributed by atoms with Gasteiger partial charge in [-0.25, -0.2) is 0 Å². The molecule has 4 aromatic carbocycles. The van der Waals surface area contributed by atoms with Crippen molar-refractivity contribution < 1.29 is 4.79 Å². The standard InChI is InChI=1S/C29H19NO/c31-29-27-19-11-10-18-26(27)28(30(29)24-16-8-3-9-17-24)25(23-14-6-2-7-15-23)21-20-22-12-4-1-5-13-22/h1-19H/b28-25-. The largest absolute Gasteiger partial charge is 0.275 e. The van der Waals surface area contributed by atoms with Crippen LogP contribution in [-0.2, 0) is 0 Å². The molecule has 5 rings (SSSR count). The van der Waals surface area contributed by atoms with Crippen LogP contribution in [0.15, 0.2) is 115 Å². The number of fused-ring (bicyclic) bond motifs is 1. The summed E-state index contributed by atoms with van der Waals surface area (Å²) in [6.45, 7) is 0. The van der Waals surface area contributed by atoms with Crippen LogP contribution in [0.5, 0.6) is 0 Å². The molecule has 0 saturated carbocycles. The Kier molecular flexibility index (Phi) is 4.92. The monoisotopic (exact) mass is 397 g/mol. The van der Waals surface area contributed by atoms with E-state index in [0.29, 0.717) is 5.56 Å². The lowest BCUT2D eigenvalue weighted by molar-refractivity contribution is 0.101. The van der Waals surface area contributed by atoms with Crippen molar-refractivity contribution in [1.29, 1.82) is 0 Å². The molecule has 0 N–H and O–H groups in total. The third-order valence-corrected chi connectivity index (χ3v) is 5.26. The number of nitrogens with zero attached hydrogens (tertiary/aromatic N) is 1. The van der Waals surface area contributed by atoms with Crippen LogP contribution in [-0.4, -0.2) is 5.91 Å². The van der Waals surface area contributed by atoms with Crippen molar-refractivity contribution in [1.82, 2.24) is 0 Å². The van der Waals surface area contributed by atoms with Gasteiger partial charge in [0.25, 0.3) is 5.91 Å². The number of benzene rings is 4. The fourth-order valence-electron chi connectivity index (χ4n) is 3.82. The highest BCUT2D eigenvalue weighted by molar-refractivity contribution is 6.27. The van der Waals surface area contributed by atoms with Crippen molar-refractivity contribution in [3.8, 4) is 11.8 Å². The third-order valence-electron chi connectivity index (χ3n) is 5.26. The minimum atomic E-state index is -0.0354. The number of carbonyl (C=O) groups excluding carboxylic acids is 1. The van der Waals surface area contributed by atoms with Gasteiger partial charge >= 0.3 is 0 Å². The maximum Gasteiger partial charge on any atom is 0.263 e. The molecule has 0 saturated heterocycles. The summed E-state index contributed by atoms with van der Waals surface area (Å²) < 4.78 is 0. The molecular formula is C29H19NO. The number of amides is 1. The number of carbonyl (C=O) groups is 1. The molecule has 0 aliphatic carbocycles. The first-order chi connectivity index (χ1) is 15.3. The van der Waals surface area contributed by atoms with Gasteiger partial charge in [0.15, 0.2) is 0 Å². The van der Waals surface area contributed by atoms with E-state index in [0.717, 1.165) is 33.6 Å². The Balaban J connectivity index is 1.81. The van der Waals surface area contributed by atoms with E-state index in [1.54, 1.807) is 4.90 Å². The first kappa shape index (κ1) is 18.7. The number of allylic oxidation sites excluding steroid dienone is 1. The molecule has 1 amide bonds. The second-order valence-electron chi connectivity index (χ2n) is 7.23. The normalized spacial score (nSPS) is 13.9. The Hall–Kier alpha value is -4.35. The Morgan fingerprint density at radius 3 is 1.84 bits per heavy atom. The molecule has 4 aromatic rings. The van der Waals surface area contributed by atoms with Gasteiger partial charge in [-0.05, 0) is 35.9 Å². The lowest BCUT2D eigenvalue weighted by Crippen LogP contribution is -2.23. The topological polar surface area (TPSA) is 20.3 Å². The van der Waals surface area contributed by atoms with E-state index in [4.69, 9.17) is 0 Å². The van der Waals surface area contributed by atoms with Crippen molar-refractivity contribution in [3.05, 3.63) is 138 Å². The van der Waals surface area contributed by atoms with Crippen LogP contribution in [0.3, 0.4) is 0 Å². The Morgan fingerprint density at radius 1 is 0.613 bits per heavy atom. The quantitative estimate of drug-likeness (QED) is 0.365. The second kappa shape index (κ2) is 8.18. The van der Waals surface area contributed by atoms with Crippen LogP contribution in [0.2, 0.25) is 0 Å². The molecule has 0 fully saturated rings. The zero-order chi connectivity index (χ0) is 21.0. The lowest BCUT2D eigenvalue weighted by atomic mass is 9.98. The van der Waals surface area contributed by atoms with Gasteiger partial charge in [0.05, 0.1) is 11.3 Å². The van der Waals surface area contributed by atoms with Gasteiger partial charge < -0.3 is 0 Å². The number of hydrogen-bond acceptors (Lipinski definition) is 1. The molecule has 1 heterocycles. The molecule has 0 radical (unpaired) electrons. The van der Waals surface area contributed by atoms with Crippen molar-refractivity contribution in [2.45, 2.75) is 0 Å². The van der Waals surface area contributed by atoms with Crippen molar-refractivity contribution in [2.75, 3.05) is 4.90 Å². The van der Waals surface area contributed by atoms with Gasteiger partial charge in [-0.1, -0.05) is 96.8 Å². The molecule has 0 bridgehead atoms. The van der Waals surface area contributed by atoms with Crippen LogP contribution >= 0.6 is 0 Å². The number of rotatable bonds is 2. The summed E-state index contributed by atoms with van der Waals surface area (Å²) >= 11 is 0. The summed E-state index contributed by atoms with van der Waals surface area (Å²) in [4.78, 5) is 15.2. The Bertz CT molecular complexity index is 1330. The van der Waals surface area contributed by atoms with Gasteiger partial charge in [0.1, 0.15) is 0 Å². The second-order valence-corrected chi connectivity index (χ2v) is 7.23. The van der Waals surface area contributed by atoms with Gasteiger partial charge in [-0.2, -0.15) is 0 Å². The molecule has 0 atom stereocenters. The Labute approximate surface area is 182 Å². The van der Waals surface area contributed by atoms with E-state index in [1.165, 1.54) is 0 Å². The predicted molar refractivity (Wildman–Crippen MR) is 126 cm³/mol. The van der Waals surface area contributed by atoms with Crippen molar-refractivity contribution in [2.24, 2.45) is 0 Å². The SMILES string of the molecule is O=C1c2ccccc2/C(=C(\C#Cc2ccccc2)c2ccccc2)N1c1ccccc1. The van der Waals surface area contributed by atoms with E-state index in [2.05, 4.69) is 11.8 Å². The first-order valence-electron chi connectivity index (χ1n) is 10.2. The molecule has 146 valence electrons. The predicted octanol–water partition coefficient (Wildman–Crippen LogP) is 6.27. The lowest BCUT2D eigenvalue weighted by Gasteiger charge is -2.20. The van der Waals surface area contributed by atoms with Crippen LogP contribution in [0.1, 0.15) is 27.0 Å². The summed E-state index contributed by atoms with van der Waals surface area (Å²) in [5.41, 5.74) is 5.97. The molecule has 0 aromatic heterocycles. The first-order valence-corrected chi connectivity index (χ1v) is 10.2.